The van der Waals surface area contributed by atoms with Crippen molar-refractivity contribution < 1.29 is 4.52 Å². The Balaban J connectivity index is 1.87. The molecule has 0 bridgehead atoms. The van der Waals surface area contributed by atoms with E-state index in [1.165, 1.54) is 0 Å². The zero-order valence-electron chi connectivity index (χ0n) is 9.42. The third-order valence-electron chi connectivity index (χ3n) is 2.22. The van der Waals surface area contributed by atoms with Gasteiger partial charge in [0.2, 0.25) is 0 Å². The molecule has 0 saturated heterocycles. The number of hydrogen-bond donors (Lipinski definition) is 1. The van der Waals surface area contributed by atoms with Crippen molar-refractivity contribution in [2.24, 2.45) is 0 Å². The molecule has 0 aliphatic rings. The maximum absolute atomic E-state index is 4.74. The summed E-state index contributed by atoms with van der Waals surface area (Å²) < 4.78 is 6.64. The Hall–Kier alpha value is -1.69. The second-order valence-electron chi connectivity index (χ2n) is 3.81. The smallest absolute Gasteiger partial charge is 0.141 e. The van der Waals surface area contributed by atoms with E-state index in [1.54, 1.807) is 12.6 Å². The van der Waals surface area contributed by atoms with Crippen molar-refractivity contribution in [3.63, 3.8) is 0 Å². The van der Waals surface area contributed by atoms with E-state index in [-0.39, 0.29) is 0 Å². The second kappa shape index (κ2) is 4.89. The van der Waals surface area contributed by atoms with Gasteiger partial charge in [-0.2, -0.15) is 5.10 Å². The normalized spacial score (nSPS) is 11.2. The van der Waals surface area contributed by atoms with Gasteiger partial charge in [-0.25, -0.2) is 9.67 Å². The van der Waals surface area contributed by atoms with Crippen LogP contribution in [0.15, 0.2) is 23.2 Å². The van der Waals surface area contributed by atoms with Crippen molar-refractivity contribution in [3.05, 3.63) is 30.2 Å². The molecule has 0 fully saturated rings. The van der Waals surface area contributed by atoms with Gasteiger partial charge in [0.25, 0.3) is 0 Å². The number of aromatic nitrogens is 4. The predicted molar refractivity (Wildman–Crippen MR) is 57.5 cm³/mol. The fourth-order valence-electron chi connectivity index (χ4n) is 1.46. The first kappa shape index (κ1) is 10.8. The molecule has 6 heteroatoms. The van der Waals surface area contributed by atoms with Crippen LogP contribution in [0.1, 0.15) is 31.4 Å². The van der Waals surface area contributed by atoms with E-state index >= 15 is 0 Å². The molecule has 2 heterocycles. The molecule has 0 aliphatic carbocycles. The molecule has 1 N–H and O–H groups in total. The minimum Gasteiger partial charge on any atom is -0.364 e. The lowest BCUT2D eigenvalue weighted by Gasteiger charge is -2.09. The predicted octanol–water partition coefficient (Wildman–Crippen LogP) is 1.14. The zero-order chi connectivity index (χ0) is 11.4. The molecule has 0 aliphatic heterocycles. The number of rotatable bonds is 5. The molecule has 2 aromatic heterocycles. The molecule has 0 aromatic carbocycles. The van der Waals surface area contributed by atoms with Gasteiger partial charge in [-0.3, -0.25) is 0 Å². The first-order chi connectivity index (χ1) is 7.77. The van der Waals surface area contributed by atoms with Crippen LogP contribution in [-0.2, 0) is 13.1 Å². The lowest BCUT2D eigenvalue weighted by molar-refractivity contribution is 0.407. The molecule has 0 saturated carbocycles. The SMILES string of the molecule is CC(C)n1ncnc1CNCc1ccon1. The van der Waals surface area contributed by atoms with Gasteiger partial charge in [0.15, 0.2) is 0 Å². The zero-order valence-corrected chi connectivity index (χ0v) is 9.42. The molecular weight excluding hydrogens is 206 g/mol. The highest BCUT2D eigenvalue weighted by molar-refractivity contribution is 4.95. The number of nitrogens with one attached hydrogen (secondary N) is 1. The van der Waals surface area contributed by atoms with E-state index in [2.05, 4.69) is 34.4 Å². The minimum atomic E-state index is 0.325. The van der Waals surface area contributed by atoms with E-state index in [1.807, 2.05) is 10.7 Å². The van der Waals surface area contributed by atoms with Crippen LogP contribution >= 0.6 is 0 Å². The first-order valence-electron chi connectivity index (χ1n) is 5.25. The van der Waals surface area contributed by atoms with Gasteiger partial charge >= 0.3 is 0 Å². The van der Waals surface area contributed by atoms with Crippen molar-refractivity contribution in [1.82, 2.24) is 25.2 Å². The third-order valence-corrected chi connectivity index (χ3v) is 2.22. The summed E-state index contributed by atoms with van der Waals surface area (Å²) in [4.78, 5) is 4.20. The maximum Gasteiger partial charge on any atom is 0.141 e. The Morgan fingerprint density at radius 3 is 3.00 bits per heavy atom. The monoisotopic (exact) mass is 221 g/mol. The quantitative estimate of drug-likeness (QED) is 0.819. The topological polar surface area (TPSA) is 68.8 Å². The van der Waals surface area contributed by atoms with E-state index < -0.39 is 0 Å². The largest absolute Gasteiger partial charge is 0.364 e. The van der Waals surface area contributed by atoms with E-state index in [4.69, 9.17) is 4.52 Å². The van der Waals surface area contributed by atoms with Crippen LogP contribution < -0.4 is 5.32 Å². The molecule has 0 amide bonds. The van der Waals surface area contributed by atoms with Crippen LogP contribution in [0.2, 0.25) is 0 Å². The summed E-state index contributed by atoms with van der Waals surface area (Å²) in [5.74, 6) is 0.929. The number of hydrogen-bond acceptors (Lipinski definition) is 5. The standard InChI is InChI=1S/C10H15N5O/c1-8(2)15-10(12-7-13-15)6-11-5-9-3-4-16-14-9/h3-4,7-8,11H,5-6H2,1-2H3. The lowest BCUT2D eigenvalue weighted by Crippen LogP contribution is -2.18. The molecule has 0 atom stereocenters. The summed E-state index contributed by atoms with van der Waals surface area (Å²) in [6.07, 6.45) is 3.14. The highest BCUT2D eigenvalue weighted by Crippen LogP contribution is 2.04. The summed E-state index contributed by atoms with van der Waals surface area (Å²) >= 11 is 0. The Labute approximate surface area is 93.7 Å². The van der Waals surface area contributed by atoms with Crippen LogP contribution in [0.5, 0.6) is 0 Å². The second-order valence-corrected chi connectivity index (χ2v) is 3.81. The first-order valence-corrected chi connectivity index (χ1v) is 5.25. The molecule has 0 spiro atoms. The summed E-state index contributed by atoms with van der Waals surface area (Å²) in [6, 6.07) is 2.16. The van der Waals surface area contributed by atoms with Gasteiger partial charge in [0, 0.05) is 18.7 Å². The molecule has 2 rings (SSSR count). The van der Waals surface area contributed by atoms with Crippen molar-refractivity contribution in [3.8, 4) is 0 Å². The molecule has 16 heavy (non-hydrogen) atoms. The van der Waals surface area contributed by atoms with Gasteiger partial charge in [-0.1, -0.05) is 5.16 Å². The van der Waals surface area contributed by atoms with E-state index in [0.29, 0.717) is 19.1 Å². The van der Waals surface area contributed by atoms with Crippen LogP contribution in [0.3, 0.4) is 0 Å². The van der Waals surface area contributed by atoms with Gasteiger partial charge in [-0.05, 0) is 13.8 Å². The van der Waals surface area contributed by atoms with Crippen LogP contribution in [0, 0.1) is 0 Å². The average Bonchev–Trinajstić information content (AvgIpc) is 2.87. The average molecular weight is 221 g/mol. The Morgan fingerprint density at radius 2 is 2.31 bits per heavy atom. The van der Waals surface area contributed by atoms with Crippen LogP contribution in [0.25, 0.3) is 0 Å². The summed E-state index contributed by atoms with van der Waals surface area (Å²) in [7, 11) is 0. The van der Waals surface area contributed by atoms with Crippen molar-refractivity contribution in [1.29, 1.82) is 0 Å². The molecule has 6 nitrogen and oxygen atoms in total. The fraction of sp³-hybridized carbons (Fsp3) is 0.500. The van der Waals surface area contributed by atoms with E-state index in [0.717, 1.165) is 11.5 Å². The van der Waals surface area contributed by atoms with Gasteiger partial charge in [0.05, 0.1) is 12.2 Å². The molecule has 2 aromatic rings. The third kappa shape index (κ3) is 2.46. The van der Waals surface area contributed by atoms with Gasteiger partial charge < -0.3 is 9.84 Å². The van der Waals surface area contributed by atoms with Crippen LogP contribution in [-0.4, -0.2) is 19.9 Å². The van der Waals surface area contributed by atoms with Gasteiger partial charge in [-0.15, -0.1) is 0 Å². The minimum absolute atomic E-state index is 0.325. The Kier molecular flexibility index (Phi) is 3.31. The lowest BCUT2D eigenvalue weighted by atomic mass is 10.4. The summed E-state index contributed by atoms with van der Waals surface area (Å²) in [5, 5.41) is 11.2. The van der Waals surface area contributed by atoms with Crippen LogP contribution in [0.4, 0.5) is 0 Å². The Bertz CT molecular complexity index is 420. The number of nitrogens with zero attached hydrogens (tertiary/aromatic N) is 4. The molecule has 0 radical (unpaired) electrons. The van der Waals surface area contributed by atoms with Crippen molar-refractivity contribution in [2.75, 3.05) is 0 Å². The highest BCUT2D eigenvalue weighted by Gasteiger charge is 2.06. The van der Waals surface area contributed by atoms with E-state index in [9.17, 15) is 0 Å². The Morgan fingerprint density at radius 1 is 1.44 bits per heavy atom. The summed E-state index contributed by atoms with van der Waals surface area (Å²) in [6.45, 7) is 5.50. The fourth-order valence-corrected chi connectivity index (χ4v) is 1.46. The molecule has 86 valence electrons. The highest BCUT2D eigenvalue weighted by atomic mass is 16.5. The van der Waals surface area contributed by atoms with Gasteiger partial charge in [0.1, 0.15) is 18.4 Å². The molecule has 0 unspecified atom stereocenters. The molecular formula is C10H15N5O. The summed E-state index contributed by atoms with van der Waals surface area (Å²) in [5.41, 5.74) is 0.885. The van der Waals surface area contributed by atoms with Crippen molar-refractivity contribution >= 4 is 0 Å². The van der Waals surface area contributed by atoms with Crippen molar-refractivity contribution in [2.45, 2.75) is 33.0 Å². The maximum atomic E-state index is 4.74.